The van der Waals surface area contributed by atoms with Crippen LogP contribution in [0, 0.1) is 22.9 Å². The molecule has 0 saturated carbocycles. The molecule has 0 aromatic heterocycles. The summed E-state index contributed by atoms with van der Waals surface area (Å²) in [5.41, 5.74) is 0. The van der Waals surface area contributed by atoms with E-state index in [9.17, 15) is 0 Å². The average Bonchev–Trinajstić information content (AvgIpc) is 1.99. The van der Waals surface area contributed by atoms with Crippen LogP contribution in [-0.4, -0.2) is 37.0 Å². The quantitative estimate of drug-likeness (QED) is 0.400. The first-order valence-corrected chi connectivity index (χ1v) is 2.92. The predicted octanol–water partition coefficient (Wildman–Crippen LogP) is -0.188. The molecule has 4 heteroatoms. The van der Waals surface area contributed by atoms with Crippen molar-refractivity contribution in [1.82, 2.24) is 9.80 Å². The first-order valence-electron chi connectivity index (χ1n) is 2.92. The molecule has 0 saturated heterocycles. The number of hydrogen-bond donors (Lipinski definition) is 0. The van der Waals surface area contributed by atoms with Gasteiger partial charge in [0.2, 0.25) is 0 Å². The second-order valence-corrected chi connectivity index (χ2v) is 2.04. The highest BCUT2D eigenvalue weighted by atomic mass is 15.2. The fraction of sp³-hybridized carbons (Fsp3) is 0.667. The summed E-state index contributed by atoms with van der Waals surface area (Å²) in [6.07, 6.45) is 3.88. The van der Waals surface area contributed by atoms with Crippen molar-refractivity contribution in [2.45, 2.75) is 0 Å². The molecule has 54 valence electrons. The molecule has 0 rings (SSSR count). The summed E-state index contributed by atoms with van der Waals surface area (Å²) in [5.74, 6) is 0. The van der Waals surface area contributed by atoms with Crippen molar-refractivity contribution >= 4 is 0 Å². The largest absolute Gasteiger partial charge is 0.312 e. The Labute approximate surface area is 60.9 Å². The lowest BCUT2D eigenvalue weighted by atomic mass is 10.5. The van der Waals surface area contributed by atoms with Gasteiger partial charge in [-0.2, -0.15) is 10.5 Å². The summed E-state index contributed by atoms with van der Waals surface area (Å²) in [6, 6.07) is 0. The molecule has 0 amide bonds. The van der Waals surface area contributed by atoms with Crippen LogP contribution in [0.5, 0.6) is 0 Å². The molecule has 0 N–H and O–H groups in total. The van der Waals surface area contributed by atoms with Crippen molar-refractivity contribution < 1.29 is 0 Å². The first kappa shape index (κ1) is 8.58. The Bertz CT molecular complexity index is 144. The topological polar surface area (TPSA) is 54.1 Å². The lowest BCUT2D eigenvalue weighted by Crippen LogP contribution is -2.24. The zero-order chi connectivity index (χ0) is 7.98. The van der Waals surface area contributed by atoms with Gasteiger partial charge in [0.05, 0.1) is 0 Å². The van der Waals surface area contributed by atoms with Crippen LogP contribution in [0.15, 0.2) is 0 Å². The fourth-order valence-corrected chi connectivity index (χ4v) is 0.400. The minimum absolute atomic E-state index is 0.598. The van der Waals surface area contributed by atoms with Gasteiger partial charge < -0.3 is 9.80 Å². The molecule has 0 fully saturated rings. The van der Waals surface area contributed by atoms with E-state index >= 15 is 0 Å². The third-order valence-electron chi connectivity index (χ3n) is 1.11. The van der Waals surface area contributed by atoms with Crippen molar-refractivity contribution in [3.63, 3.8) is 0 Å². The SMILES string of the molecule is CN(C#N)CCN(C)C#N. The van der Waals surface area contributed by atoms with Crippen LogP contribution >= 0.6 is 0 Å². The zero-order valence-electron chi connectivity index (χ0n) is 6.20. The van der Waals surface area contributed by atoms with Gasteiger partial charge in [0.25, 0.3) is 0 Å². The van der Waals surface area contributed by atoms with Crippen LogP contribution in [-0.2, 0) is 0 Å². The Morgan fingerprint density at radius 3 is 1.50 bits per heavy atom. The van der Waals surface area contributed by atoms with Crippen LogP contribution in [0.3, 0.4) is 0 Å². The van der Waals surface area contributed by atoms with E-state index in [4.69, 9.17) is 10.5 Å². The van der Waals surface area contributed by atoms with Gasteiger partial charge in [-0.15, -0.1) is 0 Å². The summed E-state index contributed by atoms with van der Waals surface area (Å²) < 4.78 is 0. The van der Waals surface area contributed by atoms with E-state index in [2.05, 4.69) is 0 Å². The van der Waals surface area contributed by atoms with Crippen molar-refractivity contribution in [1.29, 1.82) is 10.5 Å². The first-order chi connectivity index (χ1) is 4.70. The van der Waals surface area contributed by atoms with E-state index in [1.165, 1.54) is 9.80 Å². The third-order valence-corrected chi connectivity index (χ3v) is 1.11. The van der Waals surface area contributed by atoms with Gasteiger partial charge in [-0.05, 0) is 0 Å². The maximum absolute atomic E-state index is 8.29. The molecule has 0 heterocycles. The molecule has 0 spiro atoms. The highest BCUT2D eigenvalue weighted by Crippen LogP contribution is 1.80. The lowest BCUT2D eigenvalue weighted by Gasteiger charge is -2.11. The van der Waals surface area contributed by atoms with Crippen molar-refractivity contribution in [3.8, 4) is 12.4 Å². The molecule has 0 radical (unpaired) electrons. The van der Waals surface area contributed by atoms with Gasteiger partial charge in [0.15, 0.2) is 12.4 Å². The maximum atomic E-state index is 8.29. The van der Waals surface area contributed by atoms with E-state index in [1.807, 2.05) is 12.4 Å². The normalized spacial score (nSPS) is 7.60. The molecule has 0 unspecified atom stereocenters. The second-order valence-electron chi connectivity index (χ2n) is 2.04. The van der Waals surface area contributed by atoms with Crippen LogP contribution in [0.25, 0.3) is 0 Å². The van der Waals surface area contributed by atoms with Gasteiger partial charge in [-0.1, -0.05) is 0 Å². The number of rotatable bonds is 3. The number of hydrogen-bond acceptors (Lipinski definition) is 4. The summed E-state index contributed by atoms with van der Waals surface area (Å²) in [6.45, 7) is 1.20. The Hall–Kier alpha value is -1.42. The average molecular weight is 138 g/mol. The van der Waals surface area contributed by atoms with Crippen molar-refractivity contribution in [2.75, 3.05) is 27.2 Å². The van der Waals surface area contributed by atoms with Crippen LogP contribution in [0.2, 0.25) is 0 Å². The smallest absolute Gasteiger partial charge is 0.179 e. The minimum atomic E-state index is 0.598. The van der Waals surface area contributed by atoms with Gasteiger partial charge in [0, 0.05) is 27.2 Å². The lowest BCUT2D eigenvalue weighted by molar-refractivity contribution is 0.382. The summed E-state index contributed by atoms with van der Waals surface area (Å²) in [5, 5.41) is 16.6. The molecule has 10 heavy (non-hydrogen) atoms. The summed E-state index contributed by atoms with van der Waals surface area (Å²) in [7, 11) is 3.37. The van der Waals surface area contributed by atoms with Crippen LogP contribution in [0.1, 0.15) is 0 Å². The van der Waals surface area contributed by atoms with Gasteiger partial charge >= 0.3 is 0 Å². The van der Waals surface area contributed by atoms with Crippen LogP contribution < -0.4 is 0 Å². The van der Waals surface area contributed by atoms with E-state index in [1.54, 1.807) is 14.1 Å². The van der Waals surface area contributed by atoms with Crippen molar-refractivity contribution in [2.24, 2.45) is 0 Å². The second kappa shape index (κ2) is 4.46. The summed E-state index contributed by atoms with van der Waals surface area (Å²) >= 11 is 0. The minimum Gasteiger partial charge on any atom is -0.312 e. The highest BCUT2D eigenvalue weighted by molar-refractivity contribution is 4.74. The fourth-order valence-electron chi connectivity index (χ4n) is 0.400. The molecule has 0 aliphatic carbocycles. The summed E-state index contributed by atoms with van der Waals surface area (Å²) in [4.78, 5) is 2.96. The van der Waals surface area contributed by atoms with E-state index in [-0.39, 0.29) is 0 Å². The number of nitrogens with zero attached hydrogens (tertiary/aromatic N) is 4. The molecule has 0 aliphatic rings. The van der Waals surface area contributed by atoms with Gasteiger partial charge in [-0.25, -0.2) is 0 Å². The molecular weight excluding hydrogens is 128 g/mol. The Morgan fingerprint density at radius 1 is 1.00 bits per heavy atom. The highest BCUT2D eigenvalue weighted by Gasteiger charge is 1.95. The Balaban J connectivity index is 3.40. The van der Waals surface area contributed by atoms with Gasteiger partial charge in [0.1, 0.15) is 0 Å². The molecule has 0 bridgehead atoms. The monoisotopic (exact) mass is 138 g/mol. The van der Waals surface area contributed by atoms with Crippen LogP contribution in [0.4, 0.5) is 0 Å². The van der Waals surface area contributed by atoms with Crippen molar-refractivity contribution in [3.05, 3.63) is 0 Å². The Morgan fingerprint density at radius 2 is 1.30 bits per heavy atom. The van der Waals surface area contributed by atoms with E-state index in [0.29, 0.717) is 13.1 Å². The molecule has 0 aliphatic heterocycles. The standard InChI is InChI=1S/C6H10N4/c1-9(5-7)3-4-10(2)6-8/h3-4H2,1-2H3. The molecule has 0 aromatic carbocycles. The molecule has 0 atom stereocenters. The van der Waals surface area contributed by atoms with E-state index < -0.39 is 0 Å². The molecular formula is C6H10N4. The number of nitriles is 2. The third kappa shape index (κ3) is 3.57. The predicted molar refractivity (Wildman–Crippen MR) is 36.5 cm³/mol. The zero-order valence-corrected chi connectivity index (χ0v) is 6.20. The maximum Gasteiger partial charge on any atom is 0.179 e. The molecule has 0 aromatic rings. The van der Waals surface area contributed by atoms with Gasteiger partial charge in [-0.3, -0.25) is 0 Å². The number of likely N-dealkylation sites (N-methyl/N-ethyl adjacent to an activating group) is 2. The Kier molecular flexibility index (Phi) is 3.83. The molecule has 4 nitrogen and oxygen atoms in total. The van der Waals surface area contributed by atoms with E-state index in [0.717, 1.165) is 0 Å².